The lowest BCUT2D eigenvalue weighted by molar-refractivity contribution is -0.384. The molecule has 3 heterocycles. The molecule has 1 fully saturated rings. The van der Waals surface area contributed by atoms with Crippen LogP contribution in [-0.4, -0.2) is 42.1 Å². The van der Waals surface area contributed by atoms with Gasteiger partial charge in [0.05, 0.1) is 26.4 Å². The predicted octanol–water partition coefficient (Wildman–Crippen LogP) is 3.83. The third kappa shape index (κ3) is 3.39. The van der Waals surface area contributed by atoms with Crippen molar-refractivity contribution in [2.75, 3.05) is 36.5 Å². The number of nitrogens with zero attached hydrogens (tertiary/aromatic N) is 3. The van der Waals surface area contributed by atoms with E-state index in [0.717, 1.165) is 30.6 Å². The number of thiazole rings is 1. The number of anilines is 2. The maximum absolute atomic E-state index is 13.1. The van der Waals surface area contributed by atoms with E-state index in [9.17, 15) is 14.9 Å². The number of non-ortho nitro benzene ring substituents is 1. The molecule has 1 amide bonds. The van der Waals surface area contributed by atoms with Crippen LogP contribution in [0.5, 0.6) is 11.5 Å². The zero-order valence-corrected chi connectivity index (χ0v) is 16.7. The van der Waals surface area contributed by atoms with Crippen molar-refractivity contribution in [3.05, 3.63) is 46.0 Å². The Bertz CT molecular complexity index is 1110. The number of carbonyl (C=O) groups is 1. The van der Waals surface area contributed by atoms with Gasteiger partial charge in [-0.25, -0.2) is 4.98 Å². The summed E-state index contributed by atoms with van der Waals surface area (Å²) in [6.07, 6.45) is 2.06. The molecule has 0 unspecified atom stereocenters. The molecule has 3 aromatic rings. The van der Waals surface area contributed by atoms with Gasteiger partial charge in [-0.15, -0.1) is 0 Å². The van der Waals surface area contributed by atoms with Crippen LogP contribution in [0.15, 0.2) is 30.3 Å². The Labute approximate surface area is 175 Å². The molecule has 10 heteroatoms. The fourth-order valence-corrected chi connectivity index (χ4v) is 4.61. The minimum absolute atomic E-state index is 0.116. The predicted molar refractivity (Wildman–Crippen MR) is 113 cm³/mol. The van der Waals surface area contributed by atoms with Crippen LogP contribution in [0.2, 0.25) is 0 Å². The topological polar surface area (TPSA) is 107 Å². The van der Waals surface area contributed by atoms with E-state index in [2.05, 4.69) is 15.2 Å². The van der Waals surface area contributed by atoms with Gasteiger partial charge in [0.2, 0.25) is 0 Å². The summed E-state index contributed by atoms with van der Waals surface area (Å²) in [6, 6.07) is 8.06. The van der Waals surface area contributed by atoms with Gasteiger partial charge in [0.25, 0.3) is 11.6 Å². The number of hydrogen-bond donors (Lipinski definition) is 1. The molecule has 2 aliphatic heterocycles. The van der Waals surface area contributed by atoms with E-state index in [-0.39, 0.29) is 11.3 Å². The van der Waals surface area contributed by atoms with Gasteiger partial charge in [0.1, 0.15) is 13.2 Å². The van der Waals surface area contributed by atoms with Crippen LogP contribution in [0.25, 0.3) is 10.2 Å². The van der Waals surface area contributed by atoms with Crippen LogP contribution in [0, 0.1) is 10.1 Å². The van der Waals surface area contributed by atoms with E-state index < -0.39 is 10.8 Å². The van der Waals surface area contributed by atoms with Crippen LogP contribution in [-0.2, 0) is 0 Å². The van der Waals surface area contributed by atoms with Gasteiger partial charge >= 0.3 is 0 Å². The van der Waals surface area contributed by atoms with Crippen molar-refractivity contribution >= 4 is 44.0 Å². The minimum atomic E-state index is -0.493. The molecule has 9 nitrogen and oxygen atoms in total. The molecule has 154 valence electrons. The van der Waals surface area contributed by atoms with Crippen LogP contribution in [0.3, 0.4) is 0 Å². The van der Waals surface area contributed by atoms with Crippen molar-refractivity contribution < 1.29 is 19.2 Å². The largest absolute Gasteiger partial charge is 0.486 e. The van der Waals surface area contributed by atoms with Gasteiger partial charge in [0, 0.05) is 37.4 Å². The summed E-state index contributed by atoms with van der Waals surface area (Å²) in [5.41, 5.74) is 1.55. The van der Waals surface area contributed by atoms with Crippen molar-refractivity contribution in [2.45, 2.75) is 12.8 Å². The molecule has 0 bridgehead atoms. The van der Waals surface area contributed by atoms with Crippen LogP contribution >= 0.6 is 11.3 Å². The number of nitrogens with one attached hydrogen (secondary N) is 1. The molecule has 2 aliphatic rings. The van der Waals surface area contributed by atoms with Crippen molar-refractivity contribution in [2.24, 2.45) is 0 Å². The monoisotopic (exact) mass is 426 g/mol. The average molecular weight is 426 g/mol. The van der Waals surface area contributed by atoms with Crippen LogP contribution in [0.4, 0.5) is 16.5 Å². The fraction of sp³-hybridized carbons (Fsp3) is 0.300. The number of aromatic nitrogens is 1. The van der Waals surface area contributed by atoms with Crippen molar-refractivity contribution in [1.29, 1.82) is 0 Å². The minimum Gasteiger partial charge on any atom is -0.486 e. The summed E-state index contributed by atoms with van der Waals surface area (Å²) in [5, 5.41) is 14.5. The first-order valence-corrected chi connectivity index (χ1v) is 10.4. The van der Waals surface area contributed by atoms with E-state index in [4.69, 9.17) is 9.47 Å². The first kappa shape index (κ1) is 18.6. The molecular weight excluding hydrogens is 408 g/mol. The lowest BCUT2D eigenvalue weighted by atomic mass is 10.1. The summed E-state index contributed by atoms with van der Waals surface area (Å²) in [5.74, 6) is 0.870. The second-order valence-corrected chi connectivity index (χ2v) is 8.12. The van der Waals surface area contributed by atoms with Gasteiger partial charge in [0.15, 0.2) is 16.6 Å². The maximum Gasteiger partial charge on any atom is 0.270 e. The molecule has 0 saturated carbocycles. The molecule has 0 spiro atoms. The second kappa shape index (κ2) is 7.45. The van der Waals surface area contributed by atoms with Crippen molar-refractivity contribution in [3.8, 4) is 11.5 Å². The third-order valence-corrected chi connectivity index (χ3v) is 6.09. The van der Waals surface area contributed by atoms with E-state index in [1.807, 2.05) is 6.07 Å². The van der Waals surface area contributed by atoms with Crippen molar-refractivity contribution in [3.63, 3.8) is 0 Å². The first-order chi connectivity index (χ1) is 14.6. The van der Waals surface area contributed by atoms with Gasteiger partial charge in [-0.3, -0.25) is 20.2 Å². The molecule has 1 saturated heterocycles. The SMILES string of the molecule is O=C(Nc1nc2cc3c(cc2s1)OCCO3)c1cc([N+](=O)[O-])ccc1N1CCCC1. The zero-order valence-electron chi connectivity index (χ0n) is 15.9. The van der Waals surface area contributed by atoms with Crippen molar-refractivity contribution in [1.82, 2.24) is 4.98 Å². The van der Waals surface area contributed by atoms with Gasteiger partial charge < -0.3 is 14.4 Å². The number of carbonyl (C=O) groups excluding carboxylic acids is 1. The third-order valence-electron chi connectivity index (χ3n) is 5.16. The van der Waals surface area contributed by atoms with Gasteiger partial charge in [-0.2, -0.15) is 0 Å². The van der Waals surface area contributed by atoms with Crippen LogP contribution in [0.1, 0.15) is 23.2 Å². The van der Waals surface area contributed by atoms with Crippen LogP contribution < -0.4 is 19.7 Å². The fourth-order valence-electron chi connectivity index (χ4n) is 3.74. The first-order valence-electron chi connectivity index (χ1n) is 9.63. The lowest BCUT2D eigenvalue weighted by Crippen LogP contribution is -2.23. The number of rotatable bonds is 4. The Kier molecular flexibility index (Phi) is 4.62. The number of nitro benzene ring substituents is 1. The van der Waals surface area contributed by atoms with Gasteiger partial charge in [-0.05, 0) is 18.9 Å². The summed E-state index contributed by atoms with van der Waals surface area (Å²) in [6.45, 7) is 2.63. The Balaban J connectivity index is 1.47. The summed E-state index contributed by atoms with van der Waals surface area (Å²) >= 11 is 1.32. The summed E-state index contributed by atoms with van der Waals surface area (Å²) < 4.78 is 12.0. The normalized spacial score (nSPS) is 15.4. The molecule has 30 heavy (non-hydrogen) atoms. The number of nitro groups is 1. The molecule has 2 aromatic carbocycles. The number of fused-ring (bicyclic) bond motifs is 2. The molecule has 0 atom stereocenters. The standard InChI is InChI=1S/C20H18N4O5S/c25-19(13-9-12(24(26)27)3-4-15(13)23-5-1-2-6-23)22-20-21-14-10-16-17(11-18(14)30-20)29-8-7-28-16/h3-4,9-11H,1-2,5-8H2,(H,21,22,25). The number of amides is 1. The average Bonchev–Trinajstić information content (AvgIpc) is 3.41. The Hall–Kier alpha value is -3.40. The smallest absolute Gasteiger partial charge is 0.270 e. The van der Waals surface area contributed by atoms with Gasteiger partial charge in [-0.1, -0.05) is 11.3 Å². The Morgan fingerprint density at radius 2 is 1.87 bits per heavy atom. The number of hydrogen-bond acceptors (Lipinski definition) is 8. The summed E-state index contributed by atoms with van der Waals surface area (Å²) in [7, 11) is 0. The Morgan fingerprint density at radius 3 is 2.60 bits per heavy atom. The number of benzene rings is 2. The highest BCUT2D eigenvalue weighted by molar-refractivity contribution is 7.22. The zero-order chi connectivity index (χ0) is 20.7. The molecule has 0 radical (unpaired) electrons. The Morgan fingerprint density at radius 1 is 1.13 bits per heavy atom. The highest BCUT2D eigenvalue weighted by Crippen LogP contribution is 2.38. The highest BCUT2D eigenvalue weighted by atomic mass is 32.1. The van der Waals surface area contributed by atoms with E-state index in [1.165, 1.54) is 23.5 Å². The molecule has 5 rings (SSSR count). The van der Waals surface area contributed by atoms with E-state index >= 15 is 0 Å². The second-order valence-electron chi connectivity index (χ2n) is 7.09. The molecular formula is C20H18N4O5S. The summed E-state index contributed by atoms with van der Waals surface area (Å²) in [4.78, 5) is 30.4. The lowest BCUT2D eigenvalue weighted by Gasteiger charge is -2.20. The number of ether oxygens (including phenoxy) is 2. The highest BCUT2D eigenvalue weighted by Gasteiger charge is 2.23. The molecule has 1 aromatic heterocycles. The molecule has 1 N–H and O–H groups in total. The van der Waals surface area contributed by atoms with E-state index in [1.54, 1.807) is 12.1 Å². The van der Waals surface area contributed by atoms with E-state index in [0.29, 0.717) is 41.0 Å². The maximum atomic E-state index is 13.1. The molecule has 0 aliphatic carbocycles. The quantitative estimate of drug-likeness (QED) is 0.499.